The summed E-state index contributed by atoms with van der Waals surface area (Å²) >= 11 is 0. The Hall–Kier alpha value is -3.34. The number of imidazole rings is 2. The summed E-state index contributed by atoms with van der Waals surface area (Å²) in [5, 5.41) is 7.05. The second-order valence-electron chi connectivity index (χ2n) is 5.66. The minimum Gasteiger partial charge on any atom is -0.396 e. The molecule has 8 nitrogen and oxygen atoms in total. The first-order valence-electron chi connectivity index (χ1n) is 8.00. The molecule has 0 spiro atoms. The Morgan fingerprint density at radius 3 is 3.04 bits per heavy atom. The lowest BCUT2D eigenvalue weighted by atomic mass is 10.2. The molecule has 3 aromatic rings. The molecule has 8 heteroatoms. The molecule has 128 valence electrons. The van der Waals surface area contributed by atoms with Gasteiger partial charge in [-0.2, -0.15) is 5.10 Å². The van der Waals surface area contributed by atoms with Crippen LogP contribution in [0.2, 0.25) is 0 Å². The molecular formula is C17H19N7O. The maximum Gasteiger partial charge on any atom is 0.287 e. The fourth-order valence-electron chi connectivity index (χ4n) is 2.29. The summed E-state index contributed by atoms with van der Waals surface area (Å²) in [5.41, 5.74) is 8.55. The summed E-state index contributed by atoms with van der Waals surface area (Å²) in [7, 11) is 0. The molecule has 25 heavy (non-hydrogen) atoms. The molecule has 0 fully saturated rings. The Morgan fingerprint density at radius 1 is 1.44 bits per heavy atom. The monoisotopic (exact) mass is 337 g/mol. The minimum atomic E-state index is -0.238. The van der Waals surface area contributed by atoms with E-state index in [2.05, 4.69) is 37.2 Å². The predicted molar refractivity (Wildman–Crippen MR) is 93.8 cm³/mol. The third-order valence-corrected chi connectivity index (χ3v) is 3.66. The van der Waals surface area contributed by atoms with Crippen LogP contribution in [0.3, 0.4) is 0 Å². The number of hydrogen-bond donors (Lipinski definition) is 3. The highest BCUT2D eigenvalue weighted by atomic mass is 16.2. The molecular weight excluding hydrogens is 318 g/mol. The van der Waals surface area contributed by atoms with E-state index in [9.17, 15) is 4.79 Å². The number of amides is 1. The highest BCUT2D eigenvalue weighted by Crippen LogP contribution is 2.10. The Balaban J connectivity index is 1.62. The van der Waals surface area contributed by atoms with Crippen LogP contribution < -0.4 is 11.1 Å². The van der Waals surface area contributed by atoms with Gasteiger partial charge in [-0.15, -0.1) is 0 Å². The summed E-state index contributed by atoms with van der Waals surface area (Å²) < 4.78 is 1.60. The molecule has 3 rings (SSSR count). The first-order chi connectivity index (χ1) is 12.1. The Kier molecular flexibility index (Phi) is 4.66. The van der Waals surface area contributed by atoms with E-state index in [-0.39, 0.29) is 11.9 Å². The Morgan fingerprint density at radius 2 is 2.28 bits per heavy atom. The molecule has 0 aliphatic carbocycles. The zero-order chi connectivity index (χ0) is 17.8. The smallest absolute Gasteiger partial charge is 0.287 e. The number of anilines is 1. The molecule has 0 aliphatic rings. The maximum atomic E-state index is 12.1. The number of nitrogens with zero attached hydrogens (tertiary/aromatic N) is 4. The van der Waals surface area contributed by atoms with Crippen molar-refractivity contribution in [2.45, 2.75) is 32.7 Å². The second kappa shape index (κ2) is 7.05. The molecule has 3 heterocycles. The Labute approximate surface area is 144 Å². The molecule has 0 bridgehead atoms. The van der Waals surface area contributed by atoms with Crippen molar-refractivity contribution in [3.63, 3.8) is 0 Å². The van der Waals surface area contributed by atoms with Crippen LogP contribution in [0.25, 0.3) is 5.65 Å². The third-order valence-electron chi connectivity index (χ3n) is 3.66. The molecule has 0 aromatic carbocycles. The van der Waals surface area contributed by atoms with Crippen LogP contribution in [0.5, 0.6) is 0 Å². The zero-order valence-corrected chi connectivity index (χ0v) is 14.1. The number of rotatable bonds is 4. The summed E-state index contributed by atoms with van der Waals surface area (Å²) in [4.78, 5) is 23.4. The molecule has 0 saturated carbocycles. The number of carbonyl (C=O) groups excluding carboxylic acids is 1. The fourth-order valence-corrected chi connectivity index (χ4v) is 2.29. The van der Waals surface area contributed by atoms with Gasteiger partial charge in [0.25, 0.3) is 5.91 Å². The van der Waals surface area contributed by atoms with Crippen LogP contribution in [0, 0.1) is 11.8 Å². The van der Waals surface area contributed by atoms with Gasteiger partial charge in [-0.25, -0.2) is 14.5 Å². The zero-order valence-electron chi connectivity index (χ0n) is 14.1. The number of nitrogen functional groups attached to an aromatic ring is 1. The van der Waals surface area contributed by atoms with Crippen LogP contribution in [-0.2, 0) is 6.42 Å². The molecule has 0 saturated heterocycles. The van der Waals surface area contributed by atoms with Crippen LogP contribution in [0.15, 0.2) is 24.7 Å². The topological polar surface area (TPSA) is 114 Å². The molecule has 0 radical (unpaired) electrons. The number of carbonyl (C=O) groups is 1. The van der Waals surface area contributed by atoms with Crippen LogP contribution in [0.4, 0.5) is 5.69 Å². The number of fused-ring (bicyclic) bond motifs is 1. The van der Waals surface area contributed by atoms with Crippen molar-refractivity contribution >= 4 is 17.2 Å². The van der Waals surface area contributed by atoms with Crippen LogP contribution in [0.1, 0.15) is 42.3 Å². The molecule has 1 atom stereocenters. The van der Waals surface area contributed by atoms with Gasteiger partial charge in [0.2, 0.25) is 0 Å². The number of aromatic nitrogens is 5. The first kappa shape index (κ1) is 16.5. The van der Waals surface area contributed by atoms with Gasteiger partial charge in [0.05, 0.1) is 18.1 Å². The standard InChI is InChI=1S/C17H19N7O/c1-3-12-9-19-15(23-12)17(25)22-11(2)5-4-6-13-10-20-16-14(18)7-8-21-24(13)16/h7-11H,3,5,18H2,1-2H3,(H,19,23)(H,22,25)/t11-/m0/s1. The summed E-state index contributed by atoms with van der Waals surface area (Å²) in [6, 6.07) is 1.57. The van der Waals surface area contributed by atoms with E-state index < -0.39 is 0 Å². The van der Waals surface area contributed by atoms with Crippen molar-refractivity contribution in [1.29, 1.82) is 0 Å². The average Bonchev–Trinajstić information content (AvgIpc) is 3.23. The van der Waals surface area contributed by atoms with Gasteiger partial charge in [0.15, 0.2) is 11.5 Å². The first-order valence-corrected chi connectivity index (χ1v) is 8.00. The molecule has 3 aromatic heterocycles. The van der Waals surface area contributed by atoms with Crippen molar-refractivity contribution in [2.24, 2.45) is 0 Å². The van der Waals surface area contributed by atoms with E-state index in [1.165, 1.54) is 0 Å². The SMILES string of the molecule is CCc1cnc(C(=O)N[C@@H](C)CC#Cc2cnc3c(N)ccnn23)[nH]1. The van der Waals surface area contributed by atoms with Crippen molar-refractivity contribution < 1.29 is 4.79 Å². The third kappa shape index (κ3) is 3.61. The van der Waals surface area contributed by atoms with Gasteiger partial charge in [-0.3, -0.25) is 4.79 Å². The summed E-state index contributed by atoms with van der Waals surface area (Å²) in [5.74, 6) is 6.13. The minimum absolute atomic E-state index is 0.118. The van der Waals surface area contributed by atoms with Crippen molar-refractivity contribution in [1.82, 2.24) is 29.9 Å². The van der Waals surface area contributed by atoms with Crippen molar-refractivity contribution in [2.75, 3.05) is 5.73 Å². The maximum absolute atomic E-state index is 12.1. The number of nitrogens with two attached hydrogens (primary N) is 1. The summed E-state index contributed by atoms with van der Waals surface area (Å²) in [6.07, 6.45) is 6.20. The number of hydrogen-bond acceptors (Lipinski definition) is 5. The van der Waals surface area contributed by atoms with Crippen LogP contribution >= 0.6 is 0 Å². The largest absolute Gasteiger partial charge is 0.396 e. The van der Waals surface area contributed by atoms with E-state index in [1.54, 1.807) is 29.2 Å². The van der Waals surface area contributed by atoms with E-state index in [4.69, 9.17) is 5.73 Å². The number of aryl methyl sites for hydroxylation is 1. The lowest BCUT2D eigenvalue weighted by Crippen LogP contribution is -2.33. The van der Waals surface area contributed by atoms with Gasteiger partial charge in [0, 0.05) is 24.4 Å². The molecule has 0 unspecified atom stereocenters. The molecule has 0 aliphatic heterocycles. The number of H-pyrrole nitrogens is 1. The quantitative estimate of drug-likeness (QED) is 0.618. The highest BCUT2D eigenvalue weighted by molar-refractivity contribution is 5.90. The van der Waals surface area contributed by atoms with E-state index in [1.807, 2.05) is 13.8 Å². The van der Waals surface area contributed by atoms with Gasteiger partial charge in [-0.05, 0) is 25.3 Å². The summed E-state index contributed by atoms with van der Waals surface area (Å²) in [6.45, 7) is 3.89. The normalized spacial score (nSPS) is 11.8. The van der Waals surface area contributed by atoms with Gasteiger partial charge < -0.3 is 16.0 Å². The van der Waals surface area contributed by atoms with E-state index >= 15 is 0 Å². The number of nitrogens with one attached hydrogen (secondary N) is 2. The average molecular weight is 337 g/mol. The van der Waals surface area contributed by atoms with Crippen molar-refractivity contribution in [3.8, 4) is 11.8 Å². The molecule has 4 N–H and O–H groups in total. The van der Waals surface area contributed by atoms with Gasteiger partial charge >= 0.3 is 0 Å². The second-order valence-corrected chi connectivity index (χ2v) is 5.66. The van der Waals surface area contributed by atoms with Crippen LogP contribution in [-0.4, -0.2) is 36.5 Å². The number of aromatic amines is 1. The van der Waals surface area contributed by atoms with E-state index in [0.717, 1.165) is 12.1 Å². The Bertz CT molecular complexity index is 960. The lowest BCUT2D eigenvalue weighted by Gasteiger charge is -2.08. The van der Waals surface area contributed by atoms with Gasteiger partial charge in [0.1, 0.15) is 5.69 Å². The predicted octanol–water partition coefficient (Wildman–Crippen LogP) is 1.16. The van der Waals surface area contributed by atoms with E-state index in [0.29, 0.717) is 29.3 Å². The lowest BCUT2D eigenvalue weighted by molar-refractivity contribution is 0.0931. The van der Waals surface area contributed by atoms with Gasteiger partial charge in [-0.1, -0.05) is 12.8 Å². The highest BCUT2D eigenvalue weighted by Gasteiger charge is 2.12. The van der Waals surface area contributed by atoms with Crippen molar-refractivity contribution in [3.05, 3.63) is 41.9 Å². The fraction of sp³-hybridized carbons (Fsp3) is 0.294. The molecule has 1 amide bonds.